The maximum absolute atomic E-state index is 14.5. The average molecular weight is 334 g/mol. The second-order valence-corrected chi connectivity index (χ2v) is 6.88. The molecule has 0 saturated carbocycles. The lowest BCUT2D eigenvalue weighted by atomic mass is 10.0. The molecule has 0 atom stereocenters. The maximum atomic E-state index is 14.5. The highest BCUT2D eigenvalue weighted by atomic mass is 35.5. The molecular weight excluding hydrogens is 320 g/mol. The predicted octanol–water partition coefficient (Wildman–Crippen LogP) is 4.71. The summed E-state index contributed by atoms with van der Waals surface area (Å²) in [6, 6.07) is 4.48. The first kappa shape index (κ1) is 14.6. The van der Waals surface area contributed by atoms with Crippen molar-refractivity contribution in [2.45, 2.75) is 32.2 Å². The van der Waals surface area contributed by atoms with Crippen LogP contribution in [0.2, 0.25) is 5.15 Å². The molecule has 0 radical (unpaired) electrons. The van der Waals surface area contributed by atoms with Crippen molar-refractivity contribution < 1.29 is 8.78 Å². The first-order valence-electron chi connectivity index (χ1n) is 7.39. The number of imidazole rings is 1. The molecule has 0 amide bonds. The van der Waals surface area contributed by atoms with Crippen molar-refractivity contribution in [1.29, 1.82) is 0 Å². The van der Waals surface area contributed by atoms with Gasteiger partial charge in [0.25, 0.3) is 0 Å². The number of hydrogen-bond acceptors (Lipinski definition) is 2. The van der Waals surface area contributed by atoms with Crippen molar-refractivity contribution in [3.8, 4) is 11.1 Å². The molecule has 1 aliphatic heterocycles. The summed E-state index contributed by atoms with van der Waals surface area (Å²) in [5.74, 6) is -0.120. The third-order valence-electron chi connectivity index (χ3n) is 4.48. The van der Waals surface area contributed by atoms with Crippen LogP contribution in [0.4, 0.5) is 8.78 Å². The van der Waals surface area contributed by atoms with Crippen LogP contribution in [0.25, 0.3) is 22.2 Å². The van der Waals surface area contributed by atoms with E-state index in [9.17, 15) is 8.78 Å². The molecule has 1 aromatic carbocycles. The van der Waals surface area contributed by atoms with Gasteiger partial charge in [-0.1, -0.05) is 11.6 Å². The van der Waals surface area contributed by atoms with Gasteiger partial charge in [-0.05, 0) is 44.0 Å². The monoisotopic (exact) mass is 333 g/mol. The van der Waals surface area contributed by atoms with Gasteiger partial charge in [-0.2, -0.15) is 0 Å². The summed E-state index contributed by atoms with van der Waals surface area (Å²) in [5, 5.41) is 0.167. The van der Waals surface area contributed by atoms with E-state index in [1.165, 1.54) is 12.1 Å². The highest BCUT2D eigenvalue weighted by Gasteiger charge is 2.33. The molecule has 3 nitrogen and oxygen atoms in total. The van der Waals surface area contributed by atoms with Gasteiger partial charge in [0.1, 0.15) is 22.3 Å². The standard InChI is InChI=1S/C17H14ClF2N3/c1-17(2)4-3-15-22-16-11(19)5-9(6-13(16)23(15)17)10-7-14(18)21-8-12(10)20/h5-8H,3-4H2,1-2H3. The van der Waals surface area contributed by atoms with Crippen LogP contribution in [0.15, 0.2) is 24.4 Å². The van der Waals surface area contributed by atoms with Gasteiger partial charge in [0.15, 0.2) is 5.82 Å². The van der Waals surface area contributed by atoms with E-state index < -0.39 is 11.6 Å². The van der Waals surface area contributed by atoms with Crippen LogP contribution < -0.4 is 0 Å². The zero-order chi connectivity index (χ0) is 16.4. The molecule has 0 fully saturated rings. The second-order valence-electron chi connectivity index (χ2n) is 6.49. The summed E-state index contributed by atoms with van der Waals surface area (Å²) in [5.41, 5.74) is 1.55. The van der Waals surface area contributed by atoms with Gasteiger partial charge >= 0.3 is 0 Å². The number of aromatic nitrogens is 3. The van der Waals surface area contributed by atoms with Crippen molar-refractivity contribution in [2.75, 3.05) is 0 Å². The summed E-state index contributed by atoms with van der Waals surface area (Å²) in [7, 11) is 0. The van der Waals surface area contributed by atoms with Crippen molar-refractivity contribution in [1.82, 2.24) is 14.5 Å². The Morgan fingerprint density at radius 3 is 2.74 bits per heavy atom. The number of pyridine rings is 1. The molecule has 118 valence electrons. The van der Waals surface area contributed by atoms with E-state index in [1.807, 2.05) is 0 Å². The third-order valence-corrected chi connectivity index (χ3v) is 4.69. The van der Waals surface area contributed by atoms with Gasteiger partial charge < -0.3 is 4.57 Å². The molecule has 0 N–H and O–H groups in total. The lowest BCUT2D eigenvalue weighted by Crippen LogP contribution is -2.21. The summed E-state index contributed by atoms with van der Waals surface area (Å²) in [6.45, 7) is 4.19. The van der Waals surface area contributed by atoms with E-state index in [4.69, 9.17) is 11.6 Å². The number of benzene rings is 1. The maximum Gasteiger partial charge on any atom is 0.151 e. The van der Waals surface area contributed by atoms with Crippen molar-refractivity contribution >= 4 is 22.6 Å². The SMILES string of the molecule is CC1(C)CCc2nc3c(F)cc(-c4cc(Cl)ncc4F)cc3n21. The topological polar surface area (TPSA) is 30.7 Å². The molecule has 23 heavy (non-hydrogen) atoms. The summed E-state index contributed by atoms with van der Waals surface area (Å²) in [6.07, 6.45) is 2.81. The Hall–Kier alpha value is -2.01. The van der Waals surface area contributed by atoms with Crippen LogP contribution in [0.1, 0.15) is 26.1 Å². The minimum absolute atomic E-state index is 0.135. The third kappa shape index (κ3) is 2.14. The fourth-order valence-electron chi connectivity index (χ4n) is 3.35. The number of halogens is 3. The predicted molar refractivity (Wildman–Crippen MR) is 85.5 cm³/mol. The van der Waals surface area contributed by atoms with Gasteiger partial charge in [-0.3, -0.25) is 0 Å². The molecule has 3 aromatic rings. The minimum Gasteiger partial charge on any atom is -0.322 e. The van der Waals surface area contributed by atoms with E-state index in [0.29, 0.717) is 16.6 Å². The van der Waals surface area contributed by atoms with Gasteiger partial charge in [-0.15, -0.1) is 0 Å². The molecule has 0 unspecified atom stereocenters. The van der Waals surface area contributed by atoms with E-state index >= 15 is 0 Å². The average Bonchev–Trinajstić information content (AvgIpc) is 3.00. The second kappa shape index (κ2) is 4.74. The summed E-state index contributed by atoms with van der Waals surface area (Å²) in [4.78, 5) is 8.12. The lowest BCUT2D eigenvalue weighted by Gasteiger charge is -2.22. The Balaban J connectivity index is 2.02. The number of fused-ring (bicyclic) bond motifs is 3. The van der Waals surface area contributed by atoms with Crippen LogP contribution in [-0.2, 0) is 12.0 Å². The quantitative estimate of drug-likeness (QED) is 0.604. The number of nitrogens with zero attached hydrogens (tertiary/aromatic N) is 3. The van der Waals surface area contributed by atoms with Gasteiger partial charge in [0.2, 0.25) is 0 Å². The minimum atomic E-state index is -0.534. The largest absolute Gasteiger partial charge is 0.322 e. The Bertz CT molecular complexity index is 947. The molecule has 4 rings (SSSR count). The Kier molecular flexibility index (Phi) is 3.00. The van der Waals surface area contributed by atoms with Crippen molar-refractivity contribution in [3.05, 3.63) is 47.0 Å². The highest BCUT2D eigenvalue weighted by Crippen LogP contribution is 2.38. The van der Waals surface area contributed by atoms with E-state index in [2.05, 4.69) is 28.4 Å². The number of hydrogen-bond donors (Lipinski definition) is 0. The van der Waals surface area contributed by atoms with Crippen LogP contribution in [0.5, 0.6) is 0 Å². The zero-order valence-electron chi connectivity index (χ0n) is 12.7. The molecular formula is C17H14ClF2N3. The van der Waals surface area contributed by atoms with Crippen molar-refractivity contribution in [3.63, 3.8) is 0 Å². The molecule has 0 spiro atoms. The molecule has 0 saturated heterocycles. The van der Waals surface area contributed by atoms with E-state index in [-0.39, 0.29) is 16.3 Å². The van der Waals surface area contributed by atoms with E-state index in [1.54, 1.807) is 6.07 Å². The number of aryl methyl sites for hydroxylation is 1. The zero-order valence-corrected chi connectivity index (χ0v) is 13.5. The van der Waals surface area contributed by atoms with Crippen molar-refractivity contribution in [2.24, 2.45) is 0 Å². The first-order chi connectivity index (χ1) is 10.9. The van der Waals surface area contributed by atoms with Gasteiger partial charge in [-0.25, -0.2) is 18.7 Å². The molecule has 0 aliphatic carbocycles. The number of rotatable bonds is 1. The molecule has 3 heterocycles. The molecule has 1 aliphatic rings. The fourth-order valence-corrected chi connectivity index (χ4v) is 3.50. The Morgan fingerprint density at radius 2 is 1.96 bits per heavy atom. The van der Waals surface area contributed by atoms with Gasteiger partial charge in [0.05, 0.1) is 11.7 Å². The normalized spacial score (nSPS) is 16.0. The Labute approximate surface area is 136 Å². The van der Waals surface area contributed by atoms with Crippen LogP contribution in [0.3, 0.4) is 0 Å². The lowest BCUT2D eigenvalue weighted by molar-refractivity contribution is 0.386. The van der Waals surface area contributed by atoms with E-state index in [0.717, 1.165) is 24.9 Å². The summed E-state index contributed by atoms with van der Waals surface area (Å²) >= 11 is 5.85. The summed E-state index contributed by atoms with van der Waals surface area (Å²) < 4.78 is 30.6. The molecule has 0 bridgehead atoms. The van der Waals surface area contributed by atoms with Crippen LogP contribution >= 0.6 is 11.6 Å². The Morgan fingerprint density at radius 1 is 1.17 bits per heavy atom. The van der Waals surface area contributed by atoms with Crippen LogP contribution in [0, 0.1) is 11.6 Å². The fraction of sp³-hybridized carbons (Fsp3) is 0.294. The van der Waals surface area contributed by atoms with Crippen LogP contribution in [-0.4, -0.2) is 14.5 Å². The molecule has 2 aromatic heterocycles. The molecule has 6 heteroatoms. The highest BCUT2D eigenvalue weighted by molar-refractivity contribution is 6.29. The van der Waals surface area contributed by atoms with Gasteiger partial charge in [0, 0.05) is 17.5 Å². The first-order valence-corrected chi connectivity index (χ1v) is 7.77. The smallest absolute Gasteiger partial charge is 0.151 e.